The largest absolute Gasteiger partial charge is 0.456 e. The number of cyclic esters (lactones) is 2. The standard InChI is InChI=1S/C24H18O5/c1-24(2)28-22(25)20(23(26)29-24)17-13-19(14-8-4-3-5-9-14)27-21-16-11-7-6-10-15(16)12-18(17)21/h3-11,13H,12H2,1-2H3. The minimum Gasteiger partial charge on any atom is -0.456 e. The van der Waals surface area contributed by atoms with Crippen molar-refractivity contribution < 1.29 is 23.8 Å². The molecule has 0 bridgehead atoms. The number of fused-ring (bicyclic) bond motifs is 2. The van der Waals surface area contributed by atoms with Crippen molar-refractivity contribution in [2.24, 2.45) is 0 Å². The molecule has 5 rings (SSSR count). The second kappa shape index (κ2) is 6.21. The third-order valence-corrected chi connectivity index (χ3v) is 5.13. The van der Waals surface area contributed by atoms with Crippen molar-refractivity contribution in [3.63, 3.8) is 0 Å². The van der Waals surface area contributed by atoms with E-state index in [-0.39, 0.29) is 5.57 Å². The molecule has 2 heterocycles. The molecule has 2 aromatic rings. The van der Waals surface area contributed by atoms with Crippen LogP contribution in [0.25, 0.3) is 11.5 Å². The summed E-state index contributed by atoms with van der Waals surface area (Å²) in [6.07, 6.45) is 2.29. The fraction of sp³-hybridized carbons (Fsp3) is 0.167. The first-order valence-corrected chi connectivity index (χ1v) is 9.41. The van der Waals surface area contributed by atoms with Gasteiger partial charge >= 0.3 is 11.9 Å². The quantitative estimate of drug-likeness (QED) is 0.418. The molecular formula is C24H18O5. The lowest BCUT2D eigenvalue weighted by Crippen LogP contribution is -2.42. The van der Waals surface area contributed by atoms with Crippen LogP contribution < -0.4 is 0 Å². The van der Waals surface area contributed by atoms with E-state index < -0.39 is 17.7 Å². The van der Waals surface area contributed by atoms with E-state index >= 15 is 0 Å². The molecule has 5 nitrogen and oxygen atoms in total. The second-order valence-electron chi connectivity index (χ2n) is 7.59. The van der Waals surface area contributed by atoms with E-state index in [9.17, 15) is 9.59 Å². The van der Waals surface area contributed by atoms with E-state index in [1.165, 1.54) is 13.8 Å². The fourth-order valence-electron chi connectivity index (χ4n) is 3.86. The predicted molar refractivity (Wildman–Crippen MR) is 106 cm³/mol. The van der Waals surface area contributed by atoms with Crippen LogP contribution in [0.4, 0.5) is 0 Å². The van der Waals surface area contributed by atoms with E-state index in [1.54, 1.807) is 6.08 Å². The minimum atomic E-state index is -1.29. The van der Waals surface area contributed by atoms with Gasteiger partial charge in [0, 0.05) is 42.5 Å². The van der Waals surface area contributed by atoms with Crippen LogP contribution in [0.2, 0.25) is 0 Å². The van der Waals surface area contributed by atoms with Gasteiger partial charge in [0.25, 0.3) is 5.79 Å². The van der Waals surface area contributed by atoms with Gasteiger partial charge in [0.05, 0.1) is 0 Å². The fourth-order valence-corrected chi connectivity index (χ4v) is 3.86. The van der Waals surface area contributed by atoms with Crippen LogP contribution in [0.3, 0.4) is 0 Å². The van der Waals surface area contributed by atoms with Crippen LogP contribution in [-0.4, -0.2) is 17.7 Å². The van der Waals surface area contributed by atoms with Gasteiger partial charge in [-0.3, -0.25) is 0 Å². The number of benzene rings is 2. The molecule has 1 fully saturated rings. The maximum atomic E-state index is 12.8. The summed E-state index contributed by atoms with van der Waals surface area (Å²) in [5.74, 6) is -1.43. The topological polar surface area (TPSA) is 61.8 Å². The summed E-state index contributed by atoms with van der Waals surface area (Å²) >= 11 is 0. The SMILES string of the molecule is CC1(C)OC(=O)C(=C2C=C(c3ccccc3)OC3=C2Cc2ccccc23)C(=O)O1. The average Bonchev–Trinajstić information content (AvgIpc) is 3.06. The highest BCUT2D eigenvalue weighted by Crippen LogP contribution is 2.45. The molecule has 0 amide bonds. The molecule has 144 valence electrons. The number of hydrogen-bond acceptors (Lipinski definition) is 5. The number of hydrogen-bond donors (Lipinski definition) is 0. The summed E-state index contributed by atoms with van der Waals surface area (Å²) in [6, 6.07) is 17.5. The molecule has 0 atom stereocenters. The number of carbonyl (C=O) groups excluding carboxylic acids is 2. The van der Waals surface area contributed by atoms with E-state index in [0.29, 0.717) is 23.5 Å². The van der Waals surface area contributed by atoms with Crippen molar-refractivity contribution in [3.05, 3.63) is 94.1 Å². The Kier molecular flexibility index (Phi) is 3.74. The molecule has 0 aromatic heterocycles. The first-order chi connectivity index (χ1) is 13.9. The van der Waals surface area contributed by atoms with Gasteiger partial charge in [-0.1, -0.05) is 54.6 Å². The molecule has 1 aliphatic carbocycles. The smallest absolute Gasteiger partial charge is 0.349 e. The minimum absolute atomic E-state index is 0.0960. The van der Waals surface area contributed by atoms with Crippen LogP contribution in [0, 0.1) is 0 Å². The maximum Gasteiger partial charge on any atom is 0.349 e. The summed E-state index contributed by atoms with van der Waals surface area (Å²) in [7, 11) is 0. The molecule has 29 heavy (non-hydrogen) atoms. The van der Waals surface area contributed by atoms with Gasteiger partial charge in [-0.25, -0.2) is 9.59 Å². The molecule has 0 unspecified atom stereocenters. The molecular weight excluding hydrogens is 368 g/mol. The lowest BCUT2D eigenvalue weighted by Gasteiger charge is -2.31. The summed E-state index contributed by atoms with van der Waals surface area (Å²) in [5, 5.41) is 0. The maximum absolute atomic E-state index is 12.8. The Morgan fingerprint density at radius 1 is 0.862 bits per heavy atom. The normalized spacial score (nSPS) is 19.7. The first kappa shape index (κ1) is 17.5. The molecule has 5 heteroatoms. The van der Waals surface area contributed by atoms with Gasteiger partial charge in [-0.2, -0.15) is 0 Å². The van der Waals surface area contributed by atoms with E-state index in [4.69, 9.17) is 14.2 Å². The van der Waals surface area contributed by atoms with E-state index in [1.807, 2.05) is 54.6 Å². The first-order valence-electron chi connectivity index (χ1n) is 9.41. The Bertz CT molecular complexity index is 1130. The predicted octanol–water partition coefficient (Wildman–Crippen LogP) is 4.16. The number of esters is 2. The van der Waals surface area contributed by atoms with Crippen LogP contribution in [0.15, 0.2) is 77.4 Å². The highest BCUT2D eigenvalue weighted by atomic mass is 16.7. The lowest BCUT2D eigenvalue weighted by atomic mass is 9.93. The van der Waals surface area contributed by atoms with Crippen LogP contribution in [0.1, 0.15) is 30.5 Å². The number of rotatable bonds is 1. The number of ether oxygens (including phenoxy) is 3. The summed E-state index contributed by atoms with van der Waals surface area (Å²) < 4.78 is 16.9. The second-order valence-corrected chi connectivity index (χ2v) is 7.59. The summed E-state index contributed by atoms with van der Waals surface area (Å²) in [5.41, 5.74) is 4.07. The van der Waals surface area contributed by atoms with Crippen LogP contribution in [-0.2, 0) is 30.2 Å². The van der Waals surface area contributed by atoms with Crippen molar-refractivity contribution in [1.29, 1.82) is 0 Å². The van der Waals surface area contributed by atoms with Gasteiger partial charge in [0.1, 0.15) is 11.5 Å². The molecule has 0 radical (unpaired) electrons. The van der Waals surface area contributed by atoms with E-state index in [2.05, 4.69) is 0 Å². The third kappa shape index (κ3) is 2.86. The van der Waals surface area contributed by atoms with Crippen molar-refractivity contribution in [2.45, 2.75) is 26.1 Å². The molecule has 3 aliphatic rings. The summed E-state index contributed by atoms with van der Waals surface area (Å²) in [6.45, 7) is 3.07. The molecule has 2 aliphatic heterocycles. The van der Waals surface area contributed by atoms with Gasteiger partial charge < -0.3 is 14.2 Å². The molecule has 0 N–H and O–H groups in total. The molecule has 0 saturated carbocycles. The zero-order valence-corrected chi connectivity index (χ0v) is 16.0. The van der Waals surface area contributed by atoms with Gasteiger partial charge in [-0.05, 0) is 11.6 Å². The van der Waals surface area contributed by atoms with Gasteiger partial charge in [0.15, 0.2) is 5.57 Å². The highest BCUT2D eigenvalue weighted by molar-refractivity contribution is 6.17. The zero-order valence-electron chi connectivity index (χ0n) is 16.0. The number of allylic oxidation sites excluding steroid dienone is 3. The molecule has 1 saturated heterocycles. The van der Waals surface area contributed by atoms with Crippen molar-refractivity contribution >= 4 is 23.5 Å². The average molecular weight is 386 g/mol. The van der Waals surface area contributed by atoms with Gasteiger partial charge in [0.2, 0.25) is 0 Å². The zero-order chi connectivity index (χ0) is 20.2. The number of carbonyl (C=O) groups is 2. The van der Waals surface area contributed by atoms with Crippen molar-refractivity contribution in [1.82, 2.24) is 0 Å². The van der Waals surface area contributed by atoms with Crippen molar-refractivity contribution in [2.75, 3.05) is 0 Å². The Labute approximate surface area is 167 Å². The molecule has 2 aromatic carbocycles. The Morgan fingerprint density at radius 3 is 2.24 bits per heavy atom. The van der Waals surface area contributed by atoms with Crippen LogP contribution >= 0.6 is 0 Å². The Hall–Kier alpha value is -3.60. The van der Waals surface area contributed by atoms with Gasteiger partial charge in [-0.15, -0.1) is 0 Å². The van der Waals surface area contributed by atoms with E-state index in [0.717, 1.165) is 22.3 Å². The third-order valence-electron chi connectivity index (χ3n) is 5.13. The Balaban J connectivity index is 1.71. The highest BCUT2D eigenvalue weighted by Gasteiger charge is 2.43. The monoisotopic (exact) mass is 386 g/mol. The Morgan fingerprint density at radius 2 is 1.52 bits per heavy atom. The van der Waals surface area contributed by atoms with Crippen LogP contribution in [0.5, 0.6) is 0 Å². The summed E-state index contributed by atoms with van der Waals surface area (Å²) in [4.78, 5) is 25.5. The van der Waals surface area contributed by atoms with Crippen molar-refractivity contribution in [3.8, 4) is 0 Å². The lowest BCUT2D eigenvalue weighted by molar-refractivity contribution is -0.222. The molecule has 0 spiro atoms.